The van der Waals surface area contributed by atoms with Crippen molar-refractivity contribution in [1.29, 1.82) is 0 Å². The van der Waals surface area contributed by atoms with E-state index >= 15 is 0 Å². The van der Waals surface area contributed by atoms with E-state index in [0.717, 1.165) is 22.2 Å². The van der Waals surface area contributed by atoms with Gasteiger partial charge in [-0.05, 0) is 25.1 Å². The van der Waals surface area contributed by atoms with E-state index < -0.39 is 0 Å². The summed E-state index contributed by atoms with van der Waals surface area (Å²) in [6.07, 6.45) is 0. The molecular weight excluding hydrogens is 212 g/mol. The number of rotatable bonds is 1. The second-order valence-electron chi connectivity index (χ2n) is 4.15. The first-order valence-corrected chi connectivity index (χ1v) is 5.46. The molecule has 1 aromatic heterocycles. The van der Waals surface area contributed by atoms with Crippen molar-refractivity contribution >= 4 is 16.7 Å². The molecule has 0 unspecified atom stereocenters. The Kier molecular flexibility index (Phi) is 2.11. The van der Waals surface area contributed by atoms with Crippen LogP contribution in [0.5, 0.6) is 0 Å². The predicted molar refractivity (Wildman–Crippen MR) is 68.6 cm³/mol. The van der Waals surface area contributed by atoms with Crippen LogP contribution >= 0.6 is 0 Å². The van der Waals surface area contributed by atoms with Gasteiger partial charge in [-0.3, -0.25) is 0 Å². The van der Waals surface area contributed by atoms with Gasteiger partial charge in [-0.15, -0.1) is 0 Å². The van der Waals surface area contributed by atoms with Crippen molar-refractivity contribution in [3.63, 3.8) is 0 Å². The number of benzene rings is 2. The van der Waals surface area contributed by atoms with Crippen LogP contribution in [-0.4, -0.2) is 5.16 Å². The zero-order chi connectivity index (χ0) is 11.8. The van der Waals surface area contributed by atoms with Gasteiger partial charge >= 0.3 is 0 Å². The molecular formula is C14H12N2O. The number of aromatic nitrogens is 1. The fourth-order valence-corrected chi connectivity index (χ4v) is 1.88. The van der Waals surface area contributed by atoms with Crippen LogP contribution in [0.15, 0.2) is 47.0 Å². The van der Waals surface area contributed by atoms with Gasteiger partial charge in [-0.2, -0.15) is 0 Å². The average Bonchev–Trinajstić information content (AvgIpc) is 2.73. The van der Waals surface area contributed by atoms with Crippen molar-refractivity contribution < 1.29 is 4.52 Å². The van der Waals surface area contributed by atoms with E-state index in [1.807, 2.05) is 30.3 Å². The quantitative estimate of drug-likeness (QED) is 0.644. The highest BCUT2D eigenvalue weighted by Crippen LogP contribution is 2.29. The summed E-state index contributed by atoms with van der Waals surface area (Å²) in [5.74, 6) is 0. The molecule has 0 aliphatic carbocycles. The molecule has 0 aliphatic rings. The van der Waals surface area contributed by atoms with Gasteiger partial charge < -0.3 is 10.3 Å². The summed E-state index contributed by atoms with van der Waals surface area (Å²) in [6, 6.07) is 13.7. The van der Waals surface area contributed by atoms with E-state index in [4.69, 9.17) is 10.3 Å². The maximum atomic E-state index is 5.78. The Morgan fingerprint density at radius 2 is 1.82 bits per heavy atom. The summed E-state index contributed by atoms with van der Waals surface area (Å²) in [4.78, 5) is 0. The molecule has 0 bridgehead atoms. The van der Waals surface area contributed by atoms with Crippen molar-refractivity contribution in [2.75, 3.05) is 5.73 Å². The second-order valence-corrected chi connectivity index (χ2v) is 4.15. The van der Waals surface area contributed by atoms with E-state index in [1.54, 1.807) is 0 Å². The number of nitrogen functional groups attached to an aromatic ring is 1. The minimum absolute atomic E-state index is 0.717. The normalized spacial score (nSPS) is 10.9. The smallest absolute Gasteiger partial charge is 0.167 e. The van der Waals surface area contributed by atoms with Crippen molar-refractivity contribution in [2.24, 2.45) is 0 Å². The molecule has 2 aromatic carbocycles. The van der Waals surface area contributed by atoms with Gasteiger partial charge in [-0.25, -0.2) is 0 Å². The molecule has 0 saturated heterocycles. The fraction of sp³-hybridized carbons (Fsp3) is 0.0714. The Hall–Kier alpha value is -2.29. The van der Waals surface area contributed by atoms with E-state index in [-0.39, 0.29) is 0 Å². The summed E-state index contributed by atoms with van der Waals surface area (Å²) in [7, 11) is 0. The van der Waals surface area contributed by atoms with Crippen LogP contribution in [0.25, 0.3) is 22.2 Å². The molecule has 0 radical (unpaired) electrons. The number of hydrogen-bond donors (Lipinski definition) is 1. The Morgan fingerprint density at radius 1 is 1.06 bits per heavy atom. The molecule has 17 heavy (non-hydrogen) atoms. The largest absolute Gasteiger partial charge is 0.399 e. The van der Waals surface area contributed by atoms with E-state index in [9.17, 15) is 0 Å². The number of nitrogens with zero attached hydrogens (tertiary/aromatic N) is 1. The minimum atomic E-state index is 0.717. The third-order valence-electron chi connectivity index (χ3n) is 2.82. The van der Waals surface area contributed by atoms with Gasteiger partial charge in [0.15, 0.2) is 5.58 Å². The van der Waals surface area contributed by atoms with Gasteiger partial charge in [0.1, 0.15) is 5.69 Å². The second kappa shape index (κ2) is 3.63. The van der Waals surface area contributed by atoms with Gasteiger partial charge in [0.05, 0.1) is 5.39 Å². The summed E-state index contributed by atoms with van der Waals surface area (Å²) >= 11 is 0. The molecule has 3 aromatic rings. The molecule has 0 spiro atoms. The van der Waals surface area contributed by atoms with Crippen LogP contribution in [0.4, 0.5) is 5.69 Å². The summed E-state index contributed by atoms with van der Waals surface area (Å²) in [5, 5.41) is 5.06. The van der Waals surface area contributed by atoms with Crippen LogP contribution in [0.1, 0.15) is 5.56 Å². The number of anilines is 1. The molecule has 0 fully saturated rings. The van der Waals surface area contributed by atoms with Crippen LogP contribution in [0.2, 0.25) is 0 Å². The van der Waals surface area contributed by atoms with Gasteiger partial charge in [0, 0.05) is 11.3 Å². The Labute approximate surface area is 98.8 Å². The van der Waals surface area contributed by atoms with E-state index in [0.29, 0.717) is 5.69 Å². The molecule has 3 rings (SSSR count). The maximum absolute atomic E-state index is 5.78. The lowest BCUT2D eigenvalue weighted by atomic mass is 10.1. The first-order chi connectivity index (χ1) is 8.24. The van der Waals surface area contributed by atoms with Gasteiger partial charge in [0.2, 0.25) is 0 Å². The number of aryl methyl sites for hydroxylation is 1. The Morgan fingerprint density at radius 3 is 2.59 bits per heavy atom. The maximum Gasteiger partial charge on any atom is 0.167 e. The monoisotopic (exact) mass is 224 g/mol. The topological polar surface area (TPSA) is 52.0 Å². The van der Waals surface area contributed by atoms with Crippen LogP contribution < -0.4 is 5.73 Å². The average molecular weight is 224 g/mol. The molecule has 3 heteroatoms. The Bertz CT molecular complexity index is 668. The lowest BCUT2D eigenvalue weighted by Crippen LogP contribution is -1.83. The fourth-order valence-electron chi connectivity index (χ4n) is 1.88. The first kappa shape index (κ1) is 9.90. The van der Waals surface area contributed by atoms with Gasteiger partial charge in [-0.1, -0.05) is 35.0 Å². The lowest BCUT2D eigenvalue weighted by molar-refractivity contribution is 0.459. The highest BCUT2D eigenvalue weighted by molar-refractivity contribution is 5.93. The third kappa shape index (κ3) is 1.65. The third-order valence-corrected chi connectivity index (χ3v) is 2.82. The van der Waals surface area contributed by atoms with Crippen LogP contribution in [-0.2, 0) is 0 Å². The van der Waals surface area contributed by atoms with E-state index in [2.05, 4.69) is 24.2 Å². The van der Waals surface area contributed by atoms with E-state index in [1.165, 1.54) is 5.56 Å². The number of nitrogens with two attached hydrogens (primary N) is 1. The SMILES string of the molecule is Cc1ccc(-c2noc3ccc(N)cc23)cc1. The molecule has 3 nitrogen and oxygen atoms in total. The standard InChI is InChI=1S/C14H12N2O/c1-9-2-4-10(5-3-9)14-12-8-11(15)6-7-13(12)17-16-14/h2-8H,15H2,1H3. The Balaban J connectivity index is 2.23. The lowest BCUT2D eigenvalue weighted by Gasteiger charge is -1.98. The van der Waals surface area contributed by atoms with Crippen LogP contribution in [0, 0.1) is 6.92 Å². The van der Waals surface area contributed by atoms with Crippen molar-refractivity contribution in [2.45, 2.75) is 6.92 Å². The van der Waals surface area contributed by atoms with Gasteiger partial charge in [0.25, 0.3) is 0 Å². The first-order valence-electron chi connectivity index (χ1n) is 5.46. The molecule has 2 N–H and O–H groups in total. The summed E-state index contributed by atoms with van der Waals surface area (Å²) < 4.78 is 5.28. The molecule has 0 atom stereocenters. The number of hydrogen-bond acceptors (Lipinski definition) is 3. The zero-order valence-corrected chi connectivity index (χ0v) is 9.47. The molecule has 1 heterocycles. The predicted octanol–water partition coefficient (Wildman–Crippen LogP) is 3.39. The number of fused-ring (bicyclic) bond motifs is 1. The van der Waals surface area contributed by atoms with Crippen molar-refractivity contribution in [3.05, 3.63) is 48.0 Å². The highest BCUT2D eigenvalue weighted by Gasteiger charge is 2.10. The molecule has 0 saturated carbocycles. The van der Waals surface area contributed by atoms with Crippen molar-refractivity contribution in [1.82, 2.24) is 5.16 Å². The minimum Gasteiger partial charge on any atom is -0.399 e. The van der Waals surface area contributed by atoms with Crippen molar-refractivity contribution in [3.8, 4) is 11.3 Å². The molecule has 84 valence electrons. The highest BCUT2D eigenvalue weighted by atomic mass is 16.5. The summed E-state index contributed by atoms with van der Waals surface area (Å²) in [6.45, 7) is 2.06. The molecule has 0 aliphatic heterocycles. The summed E-state index contributed by atoms with van der Waals surface area (Å²) in [5.41, 5.74) is 10.4. The zero-order valence-electron chi connectivity index (χ0n) is 9.47. The molecule has 0 amide bonds. The van der Waals surface area contributed by atoms with Crippen LogP contribution in [0.3, 0.4) is 0 Å².